The highest BCUT2D eigenvalue weighted by Crippen LogP contribution is 2.31. The number of halogens is 1. The summed E-state index contributed by atoms with van der Waals surface area (Å²) >= 11 is 2.94. The first-order chi connectivity index (χ1) is 9.55. The largest absolute Gasteiger partial charge is 0.481 e. The molecule has 1 aliphatic rings. The Hall–Kier alpha value is -1.11. The number of carbonyl (C=O) groups is 3. The van der Waals surface area contributed by atoms with Crippen molar-refractivity contribution in [2.45, 2.75) is 56.7 Å². The summed E-state index contributed by atoms with van der Waals surface area (Å²) in [5.41, 5.74) is 0. The van der Waals surface area contributed by atoms with Gasteiger partial charge in [0, 0.05) is 0 Å². The minimum absolute atomic E-state index is 0.0670. The minimum atomic E-state index is -1.01. The normalized spacial score (nSPS) is 17.3. The highest BCUT2D eigenvalue weighted by atomic mass is 79.9. The monoisotopic (exact) mass is 366 g/mol. The zero-order valence-electron chi connectivity index (χ0n) is 12.3. The van der Waals surface area contributed by atoms with Gasteiger partial charge in [-0.3, -0.25) is 14.4 Å². The van der Waals surface area contributed by atoms with Crippen molar-refractivity contribution in [2.24, 2.45) is 11.8 Å². The van der Waals surface area contributed by atoms with Gasteiger partial charge in [0.15, 0.2) is 0 Å². The van der Waals surface area contributed by atoms with Crippen LogP contribution in [0.1, 0.15) is 52.4 Å². The maximum absolute atomic E-state index is 10.9. The van der Waals surface area contributed by atoms with E-state index >= 15 is 0 Å². The van der Waals surface area contributed by atoms with Crippen molar-refractivity contribution >= 4 is 33.8 Å². The lowest BCUT2D eigenvalue weighted by atomic mass is 9.78. The number of hydrogen-bond donors (Lipinski definition) is 3. The number of carboxylic acids is 3. The third kappa shape index (κ3) is 8.70. The number of carboxylic acid groups (broad SMARTS) is 3. The Bertz CT molecular complexity index is 368. The predicted octanol–water partition coefficient (Wildman–Crippen LogP) is 2.99. The van der Waals surface area contributed by atoms with E-state index in [4.69, 9.17) is 15.3 Å². The van der Waals surface area contributed by atoms with Crippen LogP contribution in [-0.2, 0) is 14.4 Å². The molecule has 3 N–H and O–H groups in total. The summed E-state index contributed by atoms with van der Waals surface area (Å²) in [4.78, 5) is 31.3. The number of hydrogen-bond acceptors (Lipinski definition) is 3. The maximum atomic E-state index is 10.9. The van der Waals surface area contributed by atoms with Crippen LogP contribution in [0.5, 0.6) is 0 Å². The van der Waals surface area contributed by atoms with Crippen LogP contribution in [0.2, 0.25) is 0 Å². The van der Waals surface area contributed by atoms with Crippen molar-refractivity contribution in [1.82, 2.24) is 0 Å². The smallest absolute Gasteiger partial charge is 0.319 e. The van der Waals surface area contributed by atoms with Crippen LogP contribution in [0.25, 0.3) is 0 Å². The van der Waals surface area contributed by atoms with Crippen LogP contribution in [0.15, 0.2) is 0 Å². The molecule has 1 unspecified atom stereocenters. The van der Waals surface area contributed by atoms with E-state index in [-0.39, 0.29) is 12.3 Å². The number of rotatable bonds is 5. The average Bonchev–Trinajstić information content (AvgIpc) is 2.36. The van der Waals surface area contributed by atoms with Crippen molar-refractivity contribution in [3.8, 4) is 0 Å². The van der Waals surface area contributed by atoms with Crippen LogP contribution in [-0.4, -0.2) is 37.6 Å². The lowest BCUT2D eigenvalue weighted by molar-refractivity contribution is -0.150. The second kappa shape index (κ2) is 9.02. The van der Waals surface area contributed by atoms with Gasteiger partial charge in [0.1, 0.15) is 4.32 Å². The first-order valence-corrected chi connectivity index (χ1v) is 7.72. The molecule has 0 saturated heterocycles. The van der Waals surface area contributed by atoms with E-state index in [0.717, 1.165) is 32.1 Å². The van der Waals surface area contributed by atoms with Crippen molar-refractivity contribution in [3.05, 3.63) is 0 Å². The summed E-state index contributed by atoms with van der Waals surface area (Å²) in [6.07, 6.45) is 4.71. The Balaban J connectivity index is 0.000000486. The van der Waals surface area contributed by atoms with Gasteiger partial charge in [0.05, 0.1) is 12.3 Å². The quantitative estimate of drug-likeness (QED) is 0.644. The van der Waals surface area contributed by atoms with Crippen LogP contribution >= 0.6 is 15.9 Å². The van der Waals surface area contributed by atoms with Gasteiger partial charge in [-0.25, -0.2) is 0 Å². The second-order valence-electron chi connectivity index (χ2n) is 5.72. The lowest BCUT2D eigenvalue weighted by Gasteiger charge is -2.26. The molecule has 0 spiro atoms. The van der Waals surface area contributed by atoms with Gasteiger partial charge in [0.2, 0.25) is 0 Å². The Labute approximate surface area is 132 Å². The Morgan fingerprint density at radius 1 is 1.10 bits per heavy atom. The summed E-state index contributed by atoms with van der Waals surface area (Å²) in [5.74, 6) is -3.43. The van der Waals surface area contributed by atoms with Crippen LogP contribution in [0.4, 0.5) is 0 Å². The summed E-state index contributed by atoms with van der Waals surface area (Å²) in [5, 5.41) is 25.7. The van der Waals surface area contributed by atoms with E-state index in [1.165, 1.54) is 0 Å². The van der Waals surface area contributed by atoms with Crippen molar-refractivity contribution < 1.29 is 29.7 Å². The summed E-state index contributed by atoms with van der Waals surface area (Å²) in [7, 11) is 0. The van der Waals surface area contributed by atoms with Gasteiger partial charge in [0.25, 0.3) is 0 Å². The fourth-order valence-corrected chi connectivity index (χ4v) is 2.18. The highest BCUT2D eigenvalue weighted by Gasteiger charge is 2.31. The van der Waals surface area contributed by atoms with E-state index in [0.29, 0.717) is 0 Å². The van der Waals surface area contributed by atoms with Gasteiger partial charge >= 0.3 is 17.9 Å². The molecule has 0 bridgehead atoms. The van der Waals surface area contributed by atoms with E-state index in [9.17, 15) is 14.4 Å². The summed E-state index contributed by atoms with van der Waals surface area (Å²) in [6.45, 7) is 3.16. The topological polar surface area (TPSA) is 112 Å². The fourth-order valence-electron chi connectivity index (χ4n) is 2.18. The van der Waals surface area contributed by atoms with Gasteiger partial charge in [-0.2, -0.15) is 0 Å². The predicted molar refractivity (Wildman–Crippen MR) is 80.6 cm³/mol. The molecule has 1 atom stereocenters. The average molecular weight is 367 g/mol. The number of alkyl halides is 1. The Kier molecular flexibility index (Phi) is 8.54. The molecule has 0 amide bonds. The fraction of sp³-hybridized carbons (Fsp3) is 0.786. The maximum Gasteiger partial charge on any atom is 0.319 e. The summed E-state index contributed by atoms with van der Waals surface area (Å²) in [6, 6.07) is 0. The van der Waals surface area contributed by atoms with E-state index in [1.54, 1.807) is 13.8 Å². The molecule has 0 radical (unpaired) electrons. The van der Waals surface area contributed by atoms with Gasteiger partial charge in [-0.15, -0.1) is 0 Å². The molecule has 1 rings (SSSR count). The highest BCUT2D eigenvalue weighted by molar-refractivity contribution is 9.10. The molecule has 21 heavy (non-hydrogen) atoms. The first-order valence-electron chi connectivity index (χ1n) is 6.92. The van der Waals surface area contributed by atoms with Crippen LogP contribution in [0, 0.1) is 11.8 Å². The molecule has 0 heterocycles. The van der Waals surface area contributed by atoms with Gasteiger partial charge in [-0.1, -0.05) is 35.2 Å². The Morgan fingerprint density at radius 3 is 1.81 bits per heavy atom. The minimum Gasteiger partial charge on any atom is -0.481 e. The van der Waals surface area contributed by atoms with E-state index < -0.39 is 28.2 Å². The molecular weight excluding hydrogens is 344 g/mol. The molecule has 1 fully saturated rings. The van der Waals surface area contributed by atoms with Crippen molar-refractivity contribution in [2.75, 3.05) is 0 Å². The lowest BCUT2D eigenvalue weighted by Crippen LogP contribution is -2.27. The summed E-state index contributed by atoms with van der Waals surface area (Å²) < 4.78 is -0.771. The zero-order valence-corrected chi connectivity index (χ0v) is 13.9. The zero-order chi connectivity index (χ0) is 16.6. The molecule has 0 aromatic heterocycles. The third-order valence-corrected chi connectivity index (χ3v) is 3.78. The van der Waals surface area contributed by atoms with Gasteiger partial charge in [-0.05, 0) is 32.6 Å². The van der Waals surface area contributed by atoms with Crippen molar-refractivity contribution in [1.29, 1.82) is 0 Å². The molecule has 7 heteroatoms. The third-order valence-electron chi connectivity index (χ3n) is 3.44. The molecule has 122 valence electrons. The van der Waals surface area contributed by atoms with Crippen LogP contribution < -0.4 is 0 Å². The SMILES string of the molecule is CC(C)(Br)C(=O)O.O=C(O)CC(C(=O)O)C1CCCCC1. The van der Waals surface area contributed by atoms with Crippen LogP contribution in [0.3, 0.4) is 0 Å². The van der Waals surface area contributed by atoms with Gasteiger partial charge < -0.3 is 15.3 Å². The Morgan fingerprint density at radius 2 is 1.52 bits per heavy atom. The van der Waals surface area contributed by atoms with Crippen molar-refractivity contribution in [3.63, 3.8) is 0 Å². The first kappa shape index (κ1) is 19.9. The molecule has 1 saturated carbocycles. The molecular formula is C14H23BrO6. The molecule has 0 aromatic carbocycles. The second-order valence-corrected chi connectivity index (χ2v) is 7.70. The number of aliphatic carboxylic acids is 3. The molecule has 0 aromatic rings. The standard InChI is InChI=1S/C10H16O4.C4H7BrO2/c11-9(12)6-8(10(13)14)7-4-2-1-3-5-7;1-4(2,5)3(6)7/h7-8H,1-6H2,(H,11,12)(H,13,14);1-2H3,(H,6,7). The van der Waals surface area contributed by atoms with E-state index in [2.05, 4.69) is 15.9 Å². The molecule has 1 aliphatic carbocycles. The molecule has 6 nitrogen and oxygen atoms in total. The molecule has 0 aliphatic heterocycles. The van der Waals surface area contributed by atoms with E-state index in [1.807, 2.05) is 0 Å².